The highest BCUT2D eigenvalue weighted by Crippen LogP contribution is 2.28. The average Bonchev–Trinajstić information content (AvgIpc) is 3.33. The van der Waals surface area contributed by atoms with Gasteiger partial charge in [0.05, 0.1) is 17.9 Å². The van der Waals surface area contributed by atoms with E-state index in [1.54, 1.807) is 6.33 Å². The molecule has 7 heteroatoms. The van der Waals surface area contributed by atoms with E-state index in [2.05, 4.69) is 15.6 Å². The fourth-order valence-electron chi connectivity index (χ4n) is 3.10. The van der Waals surface area contributed by atoms with Crippen LogP contribution in [0.1, 0.15) is 48.3 Å². The summed E-state index contributed by atoms with van der Waals surface area (Å²) in [6.07, 6.45) is 7.01. The second kappa shape index (κ2) is 7.79. The molecule has 1 fully saturated rings. The zero-order chi connectivity index (χ0) is 16.9. The van der Waals surface area contributed by atoms with Crippen LogP contribution in [0.5, 0.6) is 0 Å². The molecule has 0 radical (unpaired) electrons. The summed E-state index contributed by atoms with van der Waals surface area (Å²) in [5, 5.41) is 14.6. The molecule has 1 aliphatic heterocycles. The Bertz CT molecular complexity index is 595. The van der Waals surface area contributed by atoms with Gasteiger partial charge in [0.1, 0.15) is 5.69 Å². The number of nitrogens with zero attached hydrogens (tertiary/aromatic N) is 2. The Labute approximate surface area is 141 Å². The molecule has 1 unspecified atom stereocenters. The van der Waals surface area contributed by atoms with Gasteiger partial charge in [-0.3, -0.25) is 9.59 Å². The third-order valence-electron chi connectivity index (χ3n) is 4.81. The predicted molar refractivity (Wildman–Crippen MR) is 88.4 cm³/mol. The van der Waals surface area contributed by atoms with E-state index in [1.807, 2.05) is 4.57 Å². The largest absolute Gasteiger partial charge is 0.396 e. The summed E-state index contributed by atoms with van der Waals surface area (Å²) in [6.45, 7) is 2.07. The van der Waals surface area contributed by atoms with E-state index in [-0.39, 0.29) is 24.3 Å². The molecule has 1 atom stereocenters. The normalized spacial score (nSPS) is 19.6. The van der Waals surface area contributed by atoms with Gasteiger partial charge >= 0.3 is 0 Å². The Morgan fingerprint density at radius 3 is 2.83 bits per heavy atom. The molecule has 1 saturated carbocycles. The molecule has 132 valence electrons. The first-order chi connectivity index (χ1) is 11.7. The van der Waals surface area contributed by atoms with Gasteiger partial charge in [-0.25, -0.2) is 4.98 Å². The van der Waals surface area contributed by atoms with Crippen LogP contribution in [0.4, 0.5) is 0 Å². The molecular formula is C17H26N4O3. The van der Waals surface area contributed by atoms with Crippen molar-refractivity contribution in [2.75, 3.05) is 19.7 Å². The van der Waals surface area contributed by atoms with E-state index in [1.165, 1.54) is 12.8 Å². The molecule has 2 aliphatic rings. The van der Waals surface area contributed by atoms with Crippen molar-refractivity contribution in [3.05, 3.63) is 17.7 Å². The summed E-state index contributed by atoms with van der Waals surface area (Å²) in [4.78, 5) is 28.7. The van der Waals surface area contributed by atoms with Crippen molar-refractivity contribution < 1.29 is 14.7 Å². The lowest BCUT2D eigenvalue weighted by Gasteiger charge is -2.24. The van der Waals surface area contributed by atoms with Crippen LogP contribution in [0.25, 0.3) is 0 Å². The third kappa shape index (κ3) is 4.14. The van der Waals surface area contributed by atoms with Gasteiger partial charge in [0.15, 0.2) is 0 Å². The smallest absolute Gasteiger partial charge is 0.271 e. The molecular weight excluding hydrogens is 308 g/mol. The van der Waals surface area contributed by atoms with Crippen molar-refractivity contribution in [1.82, 2.24) is 20.2 Å². The van der Waals surface area contributed by atoms with E-state index >= 15 is 0 Å². The van der Waals surface area contributed by atoms with Crippen molar-refractivity contribution in [2.45, 2.75) is 45.1 Å². The first-order valence-corrected chi connectivity index (χ1v) is 8.89. The summed E-state index contributed by atoms with van der Waals surface area (Å²) < 4.78 is 1.94. The number of rotatable bonds is 8. The quantitative estimate of drug-likeness (QED) is 0.602. The minimum absolute atomic E-state index is 0.0362. The maximum Gasteiger partial charge on any atom is 0.271 e. The Hall–Kier alpha value is -1.89. The van der Waals surface area contributed by atoms with E-state index in [0.717, 1.165) is 25.1 Å². The first-order valence-electron chi connectivity index (χ1n) is 8.89. The summed E-state index contributed by atoms with van der Waals surface area (Å²) >= 11 is 0. The number of hydrogen-bond donors (Lipinski definition) is 3. The predicted octanol–water partition coefficient (Wildman–Crippen LogP) is 0.474. The van der Waals surface area contributed by atoms with Crippen molar-refractivity contribution >= 4 is 11.8 Å². The van der Waals surface area contributed by atoms with Crippen LogP contribution in [-0.2, 0) is 17.8 Å². The maximum absolute atomic E-state index is 12.2. The molecule has 1 aliphatic carbocycles. The number of fused-ring (bicyclic) bond motifs is 1. The molecule has 0 aromatic carbocycles. The Balaban J connectivity index is 1.53. The van der Waals surface area contributed by atoms with Crippen LogP contribution in [0.3, 0.4) is 0 Å². The molecule has 0 spiro atoms. The number of aliphatic hydroxyl groups is 1. The number of aliphatic hydroxyl groups excluding tert-OH is 1. The van der Waals surface area contributed by atoms with Crippen molar-refractivity contribution in [3.63, 3.8) is 0 Å². The average molecular weight is 334 g/mol. The van der Waals surface area contributed by atoms with Gasteiger partial charge < -0.3 is 20.3 Å². The fraction of sp³-hybridized carbons (Fsp3) is 0.706. The highest BCUT2D eigenvalue weighted by atomic mass is 16.3. The topological polar surface area (TPSA) is 96.2 Å². The van der Waals surface area contributed by atoms with Crippen LogP contribution >= 0.6 is 0 Å². The molecule has 3 N–H and O–H groups in total. The minimum atomic E-state index is -0.168. The SMILES string of the molecule is O=C(NCCCCO)c1ncn2c1CCC(C(=O)NCC1CC1)C2. The standard InChI is InChI=1S/C17H26N4O3/c22-8-2-1-7-18-17(24)15-14-6-5-13(10-21(14)11-20-15)16(23)19-9-12-3-4-12/h11-13,22H,1-10H2,(H,18,24)(H,19,23). The first kappa shape index (κ1) is 17.0. The number of aromatic nitrogens is 2. The molecule has 7 nitrogen and oxygen atoms in total. The van der Waals surface area contributed by atoms with Gasteiger partial charge in [0.2, 0.25) is 5.91 Å². The lowest BCUT2D eigenvalue weighted by Crippen LogP contribution is -2.37. The molecule has 2 heterocycles. The van der Waals surface area contributed by atoms with Crippen LogP contribution < -0.4 is 10.6 Å². The van der Waals surface area contributed by atoms with E-state index in [4.69, 9.17) is 5.11 Å². The van der Waals surface area contributed by atoms with Gasteiger partial charge in [0, 0.05) is 26.2 Å². The van der Waals surface area contributed by atoms with Gasteiger partial charge in [0.25, 0.3) is 5.91 Å². The van der Waals surface area contributed by atoms with Crippen LogP contribution in [0.2, 0.25) is 0 Å². The van der Waals surface area contributed by atoms with Crippen LogP contribution in [0.15, 0.2) is 6.33 Å². The molecule has 2 amide bonds. The van der Waals surface area contributed by atoms with E-state index in [0.29, 0.717) is 37.5 Å². The lowest BCUT2D eigenvalue weighted by atomic mass is 9.96. The minimum Gasteiger partial charge on any atom is -0.396 e. The lowest BCUT2D eigenvalue weighted by molar-refractivity contribution is -0.126. The number of carbonyl (C=O) groups is 2. The maximum atomic E-state index is 12.2. The Morgan fingerprint density at radius 1 is 1.25 bits per heavy atom. The second-order valence-corrected chi connectivity index (χ2v) is 6.80. The third-order valence-corrected chi connectivity index (χ3v) is 4.81. The molecule has 1 aromatic rings. The molecule has 0 bridgehead atoms. The monoisotopic (exact) mass is 334 g/mol. The van der Waals surface area contributed by atoms with E-state index in [9.17, 15) is 9.59 Å². The molecule has 1 aromatic heterocycles. The number of hydrogen-bond acceptors (Lipinski definition) is 4. The Morgan fingerprint density at radius 2 is 2.08 bits per heavy atom. The molecule has 0 saturated heterocycles. The van der Waals surface area contributed by atoms with E-state index < -0.39 is 0 Å². The van der Waals surface area contributed by atoms with Crippen LogP contribution in [-0.4, -0.2) is 46.2 Å². The van der Waals surface area contributed by atoms with Crippen molar-refractivity contribution in [2.24, 2.45) is 11.8 Å². The summed E-state index contributed by atoms with van der Waals surface area (Å²) in [7, 11) is 0. The van der Waals surface area contributed by atoms with Crippen molar-refractivity contribution in [3.8, 4) is 0 Å². The molecule has 24 heavy (non-hydrogen) atoms. The Kier molecular flexibility index (Phi) is 5.50. The zero-order valence-electron chi connectivity index (χ0n) is 14.0. The van der Waals surface area contributed by atoms with Gasteiger partial charge in [-0.15, -0.1) is 0 Å². The summed E-state index contributed by atoms with van der Waals surface area (Å²) in [6, 6.07) is 0. The van der Waals surface area contributed by atoms with Gasteiger partial charge in [-0.1, -0.05) is 0 Å². The zero-order valence-corrected chi connectivity index (χ0v) is 14.0. The van der Waals surface area contributed by atoms with Gasteiger partial charge in [-0.2, -0.15) is 0 Å². The number of unbranched alkanes of at least 4 members (excludes halogenated alkanes) is 1. The molecule has 3 rings (SSSR count). The number of nitrogens with one attached hydrogen (secondary N) is 2. The van der Waals surface area contributed by atoms with Crippen LogP contribution in [0, 0.1) is 11.8 Å². The second-order valence-electron chi connectivity index (χ2n) is 6.80. The number of imidazole rings is 1. The summed E-state index contributed by atoms with van der Waals surface area (Å²) in [5.41, 5.74) is 1.39. The highest BCUT2D eigenvalue weighted by Gasteiger charge is 2.29. The highest BCUT2D eigenvalue weighted by molar-refractivity contribution is 5.93. The number of carbonyl (C=O) groups excluding carboxylic acids is 2. The van der Waals surface area contributed by atoms with Crippen molar-refractivity contribution in [1.29, 1.82) is 0 Å². The fourth-order valence-corrected chi connectivity index (χ4v) is 3.10. The van der Waals surface area contributed by atoms with Gasteiger partial charge in [-0.05, 0) is 44.4 Å². The summed E-state index contributed by atoms with van der Waals surface area (Å²) in [5.74, 6) is 0.600. The number of amides is 2.